The first-order valence-electron chi connectivity index (χ1n) is 11.0. The van der Waals surface area contributed by atoms with Crippen LogP contribution in [0.1, 0.15) is 20.7 Å². The van der Waals surface area contributed by atoms with Gasteiger partial charge in [-0.2, -0.15) is 0 Å². The Hall–Kier alpha value is -4.23. The molecule has 0 saturated carbocycles. The fourth-order valence-electron chi connectivity index (χ4n) is 4.33. The number of hydrogen-bond acceptors (Lipinski definition) is 5. The molecule has 1 aliphatic rings. The first-order chi connectivity index (χ1) is 16.4. The predicted octanol–water partition coefficient (Wildman–Crippen LogP) is 4.76. The molecular weight excluding hydrogens is 430 g/mol. The normalized spacial score (nSPS) is 13.1. The van der Waals surface area contributed by atoms with Crippen LogP contribution in [0.3, 0.4) is 0 Å². The number of rotatable bonds is 5. The van der Waals surface area contributed by atoms with Crippen molar-refractivity contribution in [1.29, 1.82) is 0 Å². The Morgan fingerprint density at radius 1 is 0.882 bits per heavy atom. The Morgan fingerprint density at radius 2 is 1.59 bits per heavy atom. The first kappa shape index (κ1) is 21.6. The second kappa shape index (κ2) is 8.61. The lowest BCUT2D eigenvalue weighted by molar-refractivity contribution is 0.0602. The highest BCUT2D eigenvalue weighted by Gasteiger charge is 2.34. The van der Waals surface area contributed by atoms with Gasteiger partial charge in [0, 0.05) is 29.4 Å². The number of para-hydroxylation sites is 1. The molecule has 7 heteroatoms. The maximum Gasteiger partial charge on any atom is 0.417 e. The quantitative estimate of drug-likeness (QED) is 0.348. The van der Waals surface area contributed by atoms with Gasteiger partial charge in [0.25, 0.3) is 11.8 Å². The molecule has 0 aromatic heterocycles. The van der Waals surface area contributed by atoms with Gasteiger partial charge in [0.15, 0.2) is 0 Å². The molecule has 1 heterocycles. The molecule has 0 bridgehead atoms. The lowest BCUT2D eigenvalue weighted by Crippen LogP contribution is -2.43. The molecule has 0 atom stereocenters. The van der Waals surface area contributed by atoms with Gasteiger partial charge < -0.3 is 9.64 Å². The number of nitrogens with one attached hydrogen (secondary N) is 1. The van der Waals surface area contributed by atoms with E-state index in [1.54, 1.807) is 36.4 Å². The summed E-state index contributed by atoms with van der Waals surface area (Å²) in [5.41, 5.74) is 1.34. The van der Waals surface area contributed by atoms with Gasteiger partial charge in [0.2, 0.25) is 0 Å². The monoisotopic (exact) mass is 453 g/mol. The molecule has 4 aromatic carbocycles. The fraction of sp³-hybridized carbons (Fsp3) is 0.148. The zero-order valence-corrected chi connectivity index (χ0v) is 18.9. The number of hydrogen-bond donors (Lipinski definition) is 1. The van der Waals surface area contributed by atoms with E-state index in [9.17, 15) is 14.4 Å². The van der Waals surface area contributed by atoms with Crippen molar-refractivity contribution in [3.63, 3.8) is 0 Å². The summed E-state index contributed by atoms with van der Waals surface area (Å²) in [4.78, 5) is 42.8. The second-order valence-electron chi connectivity index (χ2n) is 8.45. The third-order valence-corrected chi connectivity index (χ3v) is 5.90. The summed E-state index contributed by atoms with van der Waals surface area (Å²) in [7, 11) is 3.78. The number of benzene rings is 4. The van der Waals surface area contributed by atoms with Crippen molar-refractivity contribution < 1.29 is 19.1 Å². The van der Waals surface area contributed by atoms with Crippen molar-refractivity contribution in [3.8, 4) is 5.75 Å². The Kier molecular flexibility index (Phi) is 5.47. The molecule has 5 rings (SSSR count). The Morgan fingerprint density at radius 3 is 2.32 bits per heavy atom. The third kappa shape index (κ3) is 3.76. The molecule has 170 valence electrons. The predicted molar refractivity (Wildman–Crippen MR) is 131 cm³/mol. The van der Waals surface area contributed by atoms with Crippen LogP contribution in [0.25, 0.3) is 21.5 Å². The standard InChI is InChI=1S/C27H23N3O4/c1-29(2)14-15-30-25(31)20-12-6-8-17-16-18-9-7-13-21(23(18)24(22(17)20)26(30)32)28-27(33)34-19-10-4-3-5-11-19/h3-13,16H,14-15H2,1-2H3,(H,28,33). The zero-order valence-electron chi connectivity index (χ0n) is 18.9. The maximum atomic E-state index is 13.7. The van der Waals surface area contributed by atoms with Crippen molar-refractivity contribution in [2.75, 3.05) is 32.5 Å². The van der Waals surface area contributed by atoms with Crippen molar-refractivity contribution >= 4 is 45.1 Å². The Labute approximate surface area is 196 Å². The first-order valence-corrected chi connectivity index (χ1v) is 11.0. The van der Waals surface area contributed by atoms with E-state index in [4.69, 9.17) is 4.74 Å². The molecule has 3 amide bonds. The van der Waals surface area contributed by atoms with Gasteiger partial charge in [-0.25, -0.2) is 4.79 Å². The van der Waals surface area contributed by atoms with Crippen molar-refractivity contribution in [3.05, 3.63) is 83.9 Å². The summed E-state index contributed by atoms with van der Waals surface area (Å²) in [6.45, 7) is 0.810. The van der Waals surface area contributed by atoms with E-state index in [0.717, 1.165) is 10.8 Å². The van der Waals surface area contributed by atoms with Crippen LogP contribution in [-0.2, 0) is 0 Å². The average Bonchev–Trinajstić information content (AvgIpc) is 2.82. The SMILES string of the molecule is CN(C)CCN1C(=O)c2cccc3cc4cccc(NC(=O)Oc5ccccc5)c4c(c23)C1=O. The summed E-state index contributed by atoms with van der Waals surface area (Å²) < 4.78 is 5.39. The number of imide groups is 1. The van der Waals surface area contributed by atoms with Crippen LogP contribution in [0.4, 0.5) is 10.5 Å². The van der Waals surface area contributed by atoms with Crippen molar-refractivity contribution in [2.24, 2.45) is 0 Å². The van der Waals surface area contributed by atoms with Crippen LogP contribution < -0.4 is 10.1 Å². The van der Waals surface area contributed by atoms with E-state index >= 15 is 0 Å². The zero-order chi connectivity index (χ0) is 23.8. The summed E-state index contributed by atoms with van der Waals surface area (Å²) >= 11 is 0. The summed E-state index contributed by atoms with van der Waals surface area (Å²) in [6.07, 6.45) is -0.664. The largest absolute Gasteiger partial charge is 0.417 e. The second-order valence-corrected chi connectivity index (χ2v) is 8.45. The molecule has 0 spiro atoms. The molecule has 0 fully saturated rings. The number of anilines is 1. The van der Waals surface area contributed by atoms with Crippen molar-refractivity contribution in [1.82, 2.24) is 9.80 Å². The molecule has 0 unspecified atom stereocenters. The number of carbonyl (C=O) groups excluding carboxylic acids is 3. The highest BCUT2D eigenvalue weighted by atomic mass is 16.6. The third-order valence-electron chi connectivity index (χ3n) is 5.90. The van der Waals surface area contributed by atoms with Crippen LogP contribution in [0.15, 0.2) is 72.8 Å². The van der Waals surface area contributed by atoms with Crippen molar-refractivity contribution in [2.45, 2.75) is 0 Å². The van der Waals surface area contributed by atoms with Gasteiger partial charge in [0.05, 0.1) is 11.3 Å². The lowest BCUT2D eigenvalue weighted by atomic mass is 9.89. The molecule has 4 aromatic rings. The van der Waals surface area contributed by atoms with Crippen LogP contribution in [0.2, 0.25) is 0 Å². The molecule has 34 heavy (non-hydrogen) atoms. The smallest absolute Gasteiger partial charge is 0.410 e. The topological polar surface area (TPSA) is 78.9 Å². The van der Waals surface area contributed by atoms with Gasteiger partial charge in [0.1, 0.15) is 5.75 Å². The van der Waals surface area contributed by atoms with Crippen LogP contribution >= 0.6 is 0 Å². The number of carbonyl (C=O) groups is 3. The van der Waals surface area contributed by atoms with E-state index in [-0.39, 0.29) is 18.4 Å². The summed E-state index contributed by atoms with van der Waals surface area (Å²) in [5, 5.41) is 5.57. The molecule has 0 radical (unpaired) electrons. The molecule has 0 aliphatic carbocycles. The minimum absolute atomic E-state index is 0.266. The number of likely N-dealkylation sites (N-methyl/N-ethyl adjacent to an activating group) is 1. The fourth-order valence-corrected chi connectivity index (χ4v) is 4.33. The van der Waals surface area contributed by atoms with E-state index < -0.39 is 6.09 Å². The van der Waals surface area contributed by atoms with Crippen LogP contribution in [-0.4, -0.2) is 54.9 Å². The number of nitrogens with zero attached hydrogens (tertiary/aromatic N) is 2. The van der Waals surface area contributed by atoms with Gasteiger partial charge in [-0.15, -0.1) is 0 Å². The van der Waals surface area contributed by atoms with E-state index in [0.29, 0.717) is 39.9 Å². The van der Waals surface area contributed by atoms with Crippen LogP contribution in [0.5, 0.6) is 5.75 Å². The van der Waals surface area contributed by atoms with Gasteiger partial charge in [-0.05, 0) is 55.2 Å². The molecule has 0 saturated heterocycles. The van der Waals surface area contributed by atoms with Gasteiger partial charge >= 0.3 is 6.09 Å². The summed E-state index contributed by atoms with van der Waals surface area (Å²) in [5.74, 6) is -0.268. The average molecular weight is 453 g/mol. The van der Waals surface area contributed by atoms with E-state index in [1.165, 1.54) is 4.90 Å². The maximum absolute atomic E-state index is 13.7. The molecule has 1 N–H and O–H groups in total. The molecular formula is C27H23N3O4. The molecule has 7 nitrogen and oxygen atoms in total. The summed E-state index contributed by atoms with van der Waals surface area (Å²) in [6, 6.07) is 21.6. The Bertz CT molecular complexity index is 1450. The highest BCUT2D eigenvalue weighted by molar-refractivity contribution is 6.32. The Balaban J connectivity index is 1.65. The minimum Gasteiger partial charge on any atom is -0.410 e. The van der Waals surface area contributed by atoms with Crippen LogP contribution in [0, 0.1) is 0 Å². The van der Waals surface area contributed by atoms with Gasteiger partial charge in [-0.3, -0.25) is 19.8 Å². The van der Waals surface area contributed by atoms with E-state index in [2.05, 4.69) is 5.32 Å². The highest BCUT2D eigenvalue weighted by Crippen LogP contribution is 2.38. The number of fused-ring (bicyclic) bond motifs is 2. The lowest BCUT2D eigenvalue weighted by Gasteiger charge is -2.29. The number of ether oxygens (including phenoxy) is 1. The number of amides is 3. The van der Waals surface area contributed by atoms with Gasteiger partial charge in [-0.1, -0.05) is 42.5 Å². The molecule has 1 aliphatic heterocycles. The minimum atomic E-state index is -0.664. The van der Waals surface area contributed by atoms with E-state index in [1.807, 2.05) is 55.4 Å².